The molecule has 0 heterocycles. The Morgan fingerprint density at radius 3 is 2.68 bits per heavy atom. The number of hydrogen-bond acceptors (Lipinski definition) is 3. The highest BCUT2D eigenvalue weighted by Crippen LogP contribution is 2.31. The highest BCUT2D eigenvalue weighted by Gasteiger charge is 2.20. The first kappa shape index (κ1) is 14.2. The van der Waals surface area contributed by atoms with E-state index < -0.39 is 0 Å². The lowest BCUT2D eigenvalue weighted by Gasteiger charge is -2.23. The lowest BCUT2D eigenvalue weighted by molar-refractivity contribution is 0.414. The van der Waals surface area contributed by atoms with Crippen molar-refractivity contribution in [2.24, 2.45) is 0 Å². The number of likely N-dealkylation sites (N-methyl/N-ethyl adjacent to an activating group) is 1. The summed E-state index contributed by atoms with van der Waals surface area (Å²) < 4.78 is 5.53. The van der Waals surface area contributed by atoms with Gasteiger partial charge < -0.3 is 15.0 Å². The molecule has 19 heavy (non-hydrogen) atoms. The summed E-state index contributed by atoms with van der Waals surface area (Å²) in [5.74, 6) is 1.50. The molecular weight excluding hydrogens is 236 g/mol. The molecule has 2 rings (SSSR count). The van der Waals surface area contributed by atoms with Gasteiger partial charge >= 0.3 is 0 Å². The van der Waals surface area contributed by atoms with Crippen LogP contribution in [0.2, 0.25) is 0 Å². The SMILES string of the molecule is COc1cc(C(C)C)ccc1N(C)CCNC1CC1. The zero-order chi connectivity index (χ0) is 13.8. The Morgan fingerprint density at radius 1 is 1.37 bits per heavy atom. The van der Waals surface area contributed by atoms with E-state index in [1.807, 2.05) is 0 Å². The van der Waals surface area contributed by atoms with Crippen LogP contribution >= 0.6 is 0 Å². The molecule has 0 bridgehead atoms. The predicted octanol–water partition coefficient (Wildman–Crippen LogP) is 3.01. The van der Waals surface area contributed by atoms with Crippen LogP contribution in [-0.4, -0.2) is 33.3 Å². The monoisotopic (exact) mass is 262 g/mol. The third-order valence-corrected chi connectivity index (χ3v) is 3.74. The molecule has 3 heteroatoms. The molecule has 1 saturated carbocycles. The molecule has 1 N–H and O–H groups in total. The van der Waals surface area contributed by atoms with Crippen LogP contribution in [0.4, 0.5) is 5.69 Å². The first-order chi connectivity index (χ1) is 9.11. The third-order valence-electron chi connectivity index (χ3n) is 3.74. The lowest BCUT2D eigenvalue weighted by atomic mass is 10.0. The van der Waals surface area contributed by atoms with Crippen LogP contribution in [0.15, 0.2) is 18.2 Å². The summed E-state index contributed by atoms with van der Waals surface area (Å²) in [4.78, 5) is 2.26. The van der Waals surface area contributed by atoms with E-state index in [1.54, 1.807) is 7.11 Å². The van der Waals surface area contributed by atoms with E-state index in [1.165, 1.54) is 24.1 Å². The van der Waals surface area contributed by atoms with Gasteiger partial charge in [0.25, 0.3) is 0 Å². The van der Waals surface area contributed by atoms with Gasteiger partial charge in [0.2, 0.25) is 0 Å². The molecule has 1 aliphatic carbocycles. The topological polar surface area (TPSA) is 24.5 Å². The Bertz CT molecular complexity index is 413. The predicted molar refractivity (Wildman–Crippen MR) is 81.4 cm³/mol. The van der Waals surface area contributed by atoms with Crippen molar-refractivity contribution in [3.63, 3.8) is 0 Å². The molecule has 0 unspecified atom stereocenters. The molecule has 0 spiro atoms. The molecule has 1 fully saturated rings. The molecule has 0 amide bonds. The van der Waals surface area contributed by atoms with Crippen LogP contribution in [-0.2, 0) is 0 Å². The molecule has 3 nitrogen and oxygen atoms in total. The number of rotatable bonds is 7. The average Bonchev–Trinajstić information content (AvgIpc) is 3.21. The van der Waals surface area contributed by atoms with E-state index in [0.29, 0.717) is 5.92 Å². The zero-order valence-corrected chi connectivity index (χ0v) is 12.6. The Balaban J connectivity index is 1.99. The number of anilines is 1. The van der Waals surface area contributed by atoms with Crippen LogP contribution < -0.4 is 15.0 Å². The summed E-state index contributed by atoms with van der Waals surface area (Å²) in [6.45, 7) is 6.46. The molecule has 0 radical (unpaired) electrons. The van der Waals surface area contributed by atoms with Crippen LogP contribution in [0.3, 0.4) is 0 Å². The van der Waals surface area contributed by atoms with Gasteiger partial charge in [0.15, 0.2) is 0 Å². The number of nitrogens with one attached hydrogen (secondary N) is 1. The van der Waals surface area contributed by atoms with Gasteiger partial charge in [0.1, 0.15) is 5.75 Å². The van der Waals surface area contributed by atoms with E-state index in [0.717, 1.165) is 24.9 Å². The summed E-state index contributed by atoms with van der Waals surface area (Å²) in [6.07, 6.45) is 2.69. The largest absolute Gasteiger partial charge is 0.495 e. The second-order valence-electron chi connectivity index (χ2n) is 5.74. The highest BCUT2D eigenvalue weighted by atomic mass is 16.5. The van der Waals surface area contributed by atoms with Crippen molar-refractivity contribution in [3.05, 3.63) is 23.8 Å². The van der Waals surface area contributed by atoms with Crippen LogP contribution in [0.1, 0.15) is 38.2 Å². The first-order valence-electron chi connectivity index (χ1n) is 7.24. The van der Waals surface area contributed by atoms with Crippen molar-refractivity contribution in [3.8, 4) is 5.75 Å². The summed E-state index contributed by atoms with van der Waals surface area (Å²) >= 11 is 0. The second kappa shape index (κ2) is 6.29. The lowest BCUT2D eigenvalue weighted by Crippen LogP contribution is -2.30. The fraction of sp³-hybridized carbons (Fsp3) is 0.625. The van der Waals surface area contributed by atoms with Crippen LogP contribution in [0.5, 0.6) is 5.75 Å². The van der Waals surface area contributed by atoms with Gasteiger partial charge in [-0.3, -0.25) is 0 Å². The Hall–Kier alpha value is -1.22. The van der Waals surface area contributed by atoms with Gasteiger partial charge in [-0.2, -0.15) is 0 Å². The van der Waals surface area contributed by atoms with Crippen molar-refractivity contribution in [1.82, 2.24) is 5.32 Å². The number of benzene rings is 1. The first-order valence-corrected chi connectivity index (χ1v) is 7.24. The summed E-state index contributed by atoms with van der Waals surface area (Å²) in [5.41, 5.74) is 2.50. The molecule has 1 aliphatic rings. The van der Waals surface area contributed by atoms with Crippen molar-refractivity contribution in [2.75, 3.05) is 32.1 Å². The van der Waals surface area contributed by atoms with Gasteiger partial charge in [-0.05, 0) is 36.5 Å². The average molecular weight is 262 g/mol. The Labute approximate surface area is 116 Å². The van der Waals surface area contributed by atoms with Crippen LogP contribution in [0.25, 0.3) is 0 Å². The number of methoxy groups -OCH3 is 1. The standard InChI is InChI=1S/C16H26N2O/c1-12(2)13-5-8-15(16(11-13)19-4)18(3)10-9-17-14-6-7-14/h5,8,11-12,14,17H,6-7,9-10H2,1-4H3. The van der Waals surface area contributed by atoms with Crippen molar-refractivity contribution in [2.45, 2.75) is 38.6 Å². The van der Waals surface area contributed by atoms with E-state index >= 15 is 0 Å². The van der Waals surface area contributed by atoms with Crippen molar-refractivity contribution < 1.29 is 4.74 Å². The van der Waals surface area contributed by atoms with E-state index in [2.05, 4.69) is 49.3 Å². The molecule has 1 aromatic rings. The van der Waals surface area contributed by atoms with E-state index in [-0.39, 0.29) is 0 Å². The maximum Gasteiger partial charge on any atom is 0.142 e. The van der Waals surface area contributed by atoms with Gasteiger partial charge in [-0.25, -0.2) is 0 Å². The molecule has 106 valence electrons. The molecular formula is C16H26N2O. The van der Waals surface area contributed by atoms with Gasteiger partial charge in [-0.15, -0.1) is 0 Å². The van der Waals surface area contributed by atoms with Gasteiger partial charge in [0.05, 0.1) is 12.8 Å². The normalized spacial score (nSPS) is 14.8. The number of hydrogen-bond donors (Lipinski definition) is 1. The van der Waals surface area contributed by atoms with Crippen LogP contribution in [0, 0.1) is 0 Å². The Kier molecular flexibility index (Phi) is 4.70. The summed E-state index contributed by atoms with van der Waals surface area (Å²) in [7, 11) is 3.88. The van der Waals surface area contributed by atoms with Gasteiger partial charge in [-0.1, -0.05) is 19.9 Å². The highest BCUT2D eigenvalue weighted by molar-refractivity contribution is 5.59. The van der Waals surface area contributed by atoms with Crippen molar-refractivity contribution in [1.29, 1.82) is 0 Å². The fourth-order valence-corrected chi connectivity index (χ4v) is 2.21. The minimum absolute atomic E-state index is 0.532. The number of ether oxygens (including phenoxy) is 1. The molecule has 1 aromatic carbocycles. The molecule has 0 saturated heterocycles. The molecule has 0 atom stereocenters. The molecule has 0 aromatic heterocycles. The van der Waals surface area contributed by atoms with E-state index in [9.17, 15) is 0 Å². The van der Waals surface area contributed by atoms with E-state index in [4.69, 9.17) is 4.74 Å². The fourth-order valence-electron chi connectivity index (χ4n) is 2.21. The second-order valence-corrected chi connectivity index (χ2v) is 5.74. The summed E-state index contributed by atoms with van der Waals surface area (Å²) in [5, 5.41) is 3.54. The number of nitrogens with zero attached hydrogens (tertiary/aromatic N) is 1. The van der Waals surface area contributed by atoms with Gasteiger partial charge in [0, 0.05) is 26.2 Å². The molecule has 0 aliphatic heterocycles. The van der Waals surface area contributed by atoms with Crippen molar-refractivity contribution >= 4 is 5.69 Å². The minimum atomic E-state index is 0.532. The third kappa shape index (κ3) is 3.87. The minimum Gasteiger partial charge on any atom is -0.495 e. The zero-order valence-electron chi connectivity index (χ0n) is 12.6. The smallest absolute Gasteiger partial charge is 0.142 e. The maximum atomic E-state index is 5.53. The summed E-state index contributed by atoms with van der Waals surface area (Å²) in [6, 6.07) is 7.31. The Morgan fingerprint density at radius 2 is 2.11 bits per heavy atom. The quantitative estimate of drug-likeness (QED) is 0.817. The maximum absolute atomic E-state index is 5.53.